The van der Waals surface area contributed by atoms with Crippen LogP contribution in [0, 0.1) is 10.1 Å². The van der Waals surface area contributed by atoms with Gasteiger partial charge in [-0.2, -0.15) is 4.31 Å². The van der Waals surface area contributed by atoms with Gasteiger partial charge >= 0.3 is 5.97 Å². The van der Waals surface area contributed by atoms with E-state index < -0.39 is 32.5 Å². The van der Waals surface area contributed by atoms with Crippen molar-refractivity contribution in [1.29, 1.82) is 0 Å². The van der Waals surface area contributed by atoms with Crippen molar-refractivity contribution in [2.24, 2.45) is 0 Å². The minimum atomic E-state index is -3.78. The van der Waals surface area contributed by atoms with Crippen LogP contribution in [0.5, 0.6) is 5.75 Å². The molecule has 0 aromatic heterocycles. The van der Waals surface area contributed by atoms with Crippen molar-refractivity contribution in [2.75, 3.05) is 50.6 Å². The predicted octanol–water partition coefficient (Wildman–Crippen LogP) is 3.15. The third kappa shape index (κ3) is 5.99. The number of piperazine rings is 1. The number of hydrogen-bond donors (Lipinski definition) is 1. The average Bonchev–Trinajstić information content (AvgIpc) is 2.96. The van der Waals surface area contributed by atoms with Crippen LogP contribution in [0.25, 0.3) is 0 Å². The summed E-state index contributed by atoms with van der Waals surface area (Å²) in [5.74, 6) is -0.823. The first-order chi connectivity index (χ1) is 18.6. The van der Waals surface area contributed by atoms with Crippen LogP contribution in [0.4, 0.5) is 17.1 Å². The Kier molecular flexibility index (Phi) is 8.12. The van der Waals surface area contributed by atoms with Crippen molar-refractivity contribution >= 4 is 39.0 Å². The Morgan fingerprint density at radius 2 is 1.56 bits per heavy atom. The molecule has 1 heterocycles. The number of anilines is 2. The van der Waals surface area contributed by atoms with E-state index in [0.717, 1.165) is 30.7 Å². The van der Waals surface area contributed by atoms with Crippen LogP contribution in [0.3, 0.4) is 0 Å². The Bertz CT molecular complexity index is 1500. The SMILES string of the molecule is COC(=O)c1cc(C(=O)Nc2ccc(S(=O)(=O)N3CCN(c4ccccc4OC)CC3)cc2)cc([N+](=O)[O-])c1. The number of nitro groups is 1. The molecule has 1 saturated heterocycles. The molecule has 0 aliphatic carbocycles. The number of carbonyl (C=O) groups is 2. The number of nitrogens with zero attached hydrogens (tertiary/aromatic N) is 3. The Labute approximate surface area is 224 Å². The Balaban J connectivity index is 1.45. The van der Waals surface area contributed by atoms with Crippen LogP contribution in [-0.2, 0) is 14.8 Å². The molecule has 0 unspecified atom stereocenters. The predicted molar refractivity (Wildman–Crippen MR) is 143 cm³/mol. The lowest BCUT2D eigenvalue weighted by atomic mass is 10.1. The van der Waals surface area contributed by atoms with Crippen molar-refractivity contribution in [1.82, 2.24) is 4.31 Å². The van der Waals surface area contributed by atoms with Gasteiger partial charge in [-0.3, -0.25) is 14.9 Å². The highest BCUT2D eigenvalue weighted by molar-refractivity contribution is 7.89. The maximum absolute atomic E-state index is 13.2. The van der Waals surface area contributed by atoms with Crippen molar-refractivity contribution < 1.29 is 32.4 Å². The van der Waals surface area contributed by atoms with Gasteiger partial charge in [-0.25, -0.2) is 13.2 Å². The number of sulfonamides is 1. The van der Waals surface area contributed by atoms with Gasteiger partial charge in [0.25, 0.3) is 11.6 Å². The fraction of sp³-hybridized carbons (Fsp3) is 0.231. The highest BCUT2D eigenvalue weighted by Gasteiger charge is 2.29. The quantitative estimate of drug-likeness (QED) is 0.252. The number of nitrogens with one attached hydrogen (secondary N) is 1. The number of amides is 1. The first-order valence-electron chi connectivity index (χ1n) is 11.8. The number of carbonyl (C=O) groups excluding carboxylic acids is 2. The van der Waals surface area contributed by atoms with Crippen molar-refractivity contribution in [3.63, 3.8) is 0 Å². The van der Waals surface area contributed by atoms with E-state index in [2.05, 4.69) is 15.0 Å². The van der Waals surface area contributed by atoms with Gasteiger partial charge < -0.3 is 19.7 Å². The third-order valence-corrected chi connectivity index (χ3v) is 8.14. The van der Waals surface area contributed by atoms with Gasteiger partial charge in [0.2, 0.25) is 10.0 Å². The number of hydrogen-bond acceptors (Lipinski definition) is 9. The lowest BCUT2D eigenvalue weighted by Gasteiger charge is -2.35. The molecular formula is C26H26N4O8S. The van der Waals surface area contributed by atoms with Gasteiger partial charge in [0.15, 0.2) is 0 Å². The number of esters is 1. The molecular weight excluding hydrogens is 528 g/mol. The number of non-ortho nitro benzene ring substituents is 1. The van der Waals surface area contributed by atoms with E-state index in [4.69, 9.17) is 4.74 Å². The largest absolute Gasteiger partial charge is 0.495 e. The van der Waals surface area contributed by atoms with Gasteiger partial charge in [0, 0.05) is 49.6 Å². The van der Waals surface area contributed by atoms with Crippen molar-refractivity contribution in [3.8, 4) is 5.75 Å². The molecule has 0 bridgehead atoms. The molecule has 1 N–H and O–H groups in total. The summed E-state index contributed by atoms with van der Waals surface area (Å²) in [6.07, 6.45) is 0. The molecule has 12 nitrogen and oxygen atoms in total. The van der Waals surface area contributed by atoms with E-state index in [1.807, 2.05) is 24.3 Å². The van der Waals surface area contributed by atoms with E-state index >= 15 is 0 Å². The monoisotopic (exact) mass is 554 g/mol. The molecule has 4 rings (SSSR count). The third-order valence-electron chi connectivity index (χ3n) is 6.23. The van der Waals surface area contributed by atoms with E-state index in [9.17, 15) is 28.1 Å². The average molecular weight is 555 g/mol. The zero-order valence-electron chi connectivity index (χ0n) is 21.2. The molecule has 0 saturated carbocycles. The molecule has 0 atom stereocenters. The smallest absolute Gasteiger partial charge is 0.338 e. The maximum atomic E-state index is 13.2. The van der Waals surface area contributed by atoms with Crippen LogP contribution in [0.15, 0.2) is 71.6 Å². The van der Waals surface area contributed by atoms with Crippen LogP contribution >= 0.6 is 0 Å². The summed E-state index contributed by atoms with van der Waals surface area (Å²) in [6.45, 7) is 1.55. The summed E-state index contributed by atoms with van der Waals surface area (Å²) in [5, 5.41) is 13.8. The first kappa shape index (κ1) is 27.5. The molecule has 0 spiro atoms. The van der Waals surface area contributed by atoms with E-state index in [1.54, 1.807) is 7.11 Å². The minimum Gasteiger partial charge on any atom is -0.495 e. The summed E-state index contributed by atoms with van der Waals surface area (Å²) in [4.78, 5) is 37.3. The Hall–Kier alpha value is -4.49. The summed E-state index contributed by atoms with van der Waals surface area (Å²) >= 11 is 0. The summed E-state index contributed by atoms with van der Waals surface area (Å²) in [5.41, 5.74) is 0.444. The van der Waals surface area contributed by atoms with Gasteiger partial charge in [-0.1, -0.05) is 12.1 Å². The topological polar surface area (TPSA) is 148 Å². The molecule has 1 fully saturated rings. The minimum absolute atomic E-state index is 0.0644. The summed E-state index contributed by atoms with van der Waals surface area (Å²) in [7, 11) is -1.06. The van der Waals surface area contributed by atoms with Crippen molar-refractivity contribution in [3.05, 3.63) is 88.0 Å². The molecule has 3 aromatic carbocycles. The Morgan fingerprint density at radius 1 is 0.923 bits per heavy atom. The lowest BCUT2D eigenvalue weighted by molar-refractivity contribution is -0.384. The maximum Gasteiger partial charge on any atom is 0.338 e. The van der Waals surface area contributed by atoms with Gasteiger partial charge in [-0.05, 0) is 42.5 Å². The molecule has 0 radical (unpaired) electrons. The number of nitro benzene ring substituents is 1. The molecule has 1 aliphatic rings. The van der Waals surface area contributed by atoms with Gasteiger partial charge in [0.1, 0.15) is 5.75 Å². The van der Waals surface area contributed by atoms with Crippen molar-refractivity contribution in [2.45, 2.75) is 4.90 Å². The Morgan fingerprint density at radius 3 is 2.18 bits per heavy atom. The lowest BCUT2D eigenvalue weighted by Crippen LogP contribution is -2.48. The van der Waals surface area contributed by atoms with E-state index in [0.29, 0.717) is 13.1 Å². The van der Waals surface area contributed by atoms with Gasteiger partial charge in [-0.15, -0.1) is 0 Å². The van der Waals surface area contributed by atoms with E-state index in [1.165, 1.54) is 34.6 Å². The fourth-order valence-electron chi connectivity index (χ4n) is 4.21. The number of benzene rings is 3. The van der Waals surface area contributed by atoms with Crippen LogP contribution < -0.4 is 15.0 Å². The molecule has 3 aromatic rings. The highest BCUT2D eigenvalue weighted by atomic mass is 32.2. The molecule has 1 aliphatic heterocycles. The molecule has 204 valence electrons. The number of rotatable bonds is 8. The van der Waals surface area contributed by atoms with Crippen LogP contribution in [0.1, 0.15) is 20.7 Å². The van der Waals surface area contributed by atoms with Gasteiger partial charge in [0.05, 0.1) is 35.3 Å². The summed E-state index contributed by atoms with van der Waals surface area (Å²) in [6, 6.07) is 16.4. The molecule has 39 heavy (non-hydrogen) atoms. The zero-order chi connectivity index (χ0) is 28.2. The fourth-order valence-corrected chi connectivity index (χ4v) is 5.63. The molecule has 13 heteroatoms. The number of methoxy groups -OCH3 is 2. The second-order valence-electron chi connectivity index (χ2n) is 8.56. The second-order valence-corrected chi connectivity index (χ2v) is 10.5. The summed E-state index contributed by atoms with van der Waals surface area (Å²) < 4.78 is 37.9. The first-order valence-corrected chi connectivity index (χ1v) is 13.3. The van der Waals surface area contributed by atoms with E-state index in [-0.39, 0.29) is 34.8 Å². The molecule has 1 amide bonds. The number of para-hydroxylation sites is 2. The van der Waals surface area contributed by atoms with Crippen LogP contribution in [0.2, 0.25) is 0 Å². The second kappa shape index (κ2) is 11.5. The van der Waals surface area contributed by atoms with Crippen LogP contribution in [-0.4, -0.2) is 69.9 Å². The number of ether oxygens (including phenoxy) is 2. The standard InChI is InChI=1S/C26H26N4O8S/c1-37-24-6-4-3-5-23(24)28-11-13-29(14-12-28)39(35,36)22-9-7-20(8-10-22)27-25(31)18-15-19(26(32)38-2)17-21(16-18)30(33)34/h3-10,15-17H,11-14H2,1-2H3,(H,27,31). The highest BCUT2D eigenvalue weighted by Crippen LogP contribution is 2.29. The zero-order valence-corrected chi connectivity index (χ0v) is 22.0. The normalized spacial score (nSPS) is 13.9.